The van der Waals surface area contributed by atoms with Crippen LogP contribution in [0.25, 0.3) is 0 Å². The standard InChI is InChI=1S/C12H16FNO3S/c13-11-3-1-9(2-4-11)7-10-8-17-6-5-12(10)18(14,15)16/h1-4,10,12H,5-8H2,(H2,14,15,16)/t10-,12-/m1/s1. The van der Waals surface area contributed by atoms with E-state index in [0.717, 1.165) is 5.56 Å². The van der Waals surface area contributed by atoms with Crippen LogP contribution in [0.5, 0.6) is 0 Å². The number of ether oxygens (including phenoxy) is 1. The van der Waals surface area contributed by atoms with Gasteiger partial charge in [0.15, 0.2) is 0 Å². The fraction of sp³-hybridized carbons (Fsp3) is 0.500. The number of hydrogen-bond acceptors (Lipinski definition) is 3. The van der Waals surface area contributed by atoms with E-state index in [9.17, 15) is 12.8 Å². The summed E-state index contributed by atoms with van der Waals surface area (Å²) in [5.41, 5.74) is 0.889. The van der Waals surface area contributed by atoms with Crippen LogP contribution < -0.4 is 5.14 Å². The van der Waals surface area contributed by atoms with Crippen LogP contribution in [0, 0.1) is 11.7 Å². The molecule has 0 unspecified atom stereocenters. The molecule has 2 rings (SSSR count). The van der Waals surface area contributed by atoms with E-state index < -0.39 is 15.3 Å². The highest BCUT2D eigenvalue weighted by atomic mass is 32.2. The smallest absolute Gasteiger partial charge is 0.212 e. The molecule has 0 amide bonds. The third-order valence-electron chi connectivity index (χ3n) is 3.24. The van der Waals surface area contributed by atoms with Crippen molar-refractivity contribution in [1.82, 2.24) is 0 Å². The second kappa shape index (κ2) is 5.34. The third kappa shape index (κ3) is 3.28. The van der Waals surface area contributed by atoms with Crippen LogP contribution in [0.4, 0.5) is 4.39 Å². The molecule has 1 fully saturated rings. The number of hydrogen-bond donors (Lipinski definition) is 1. The molecule has 18 heavy (non-hydrogen) atoms. The average molecular weight is 273 g/mol. The van der Waals surface area contributed by atoms with Crippen LogP contribution in [0.15, 0.2) is 24.3 Å². The maximum absolute atomic E-state index is 12.8. The first-order valence-electron chi connectivity index (χ1n) is 5.80. The molecule has 0 bridgehead atoms. The van der Waals surface area contributed by atoms with Crippen LogP contribution in [-0.2, 0) is 21.2 Å². The van der Waals surface area contributed by atoms with Crippen molar-refractivity contribution in [2.75, 3.05) is 13.2 Å². The Kier molecular flexibility index (Phi) is 3.99. The zero-order chi connectivity index (χ0) is 13.2. The van der Waals surface area contributed by atoms with Gasteiger partial charge < -0.3 is 4.74 Å². The summed E-state index contributed by atoms with van der Waals surface area (Å²) in [5, 5.41) is 4.66. The first-order chi connectivity index (χ1) is 8.47. The Bertz CT molecular complexity index is 501. The summed E-state index contributed by atoms with van der Waals surface area (Å²) < 4.78 is 41.1. The maximum Gasteiger partial charge on any atom is 0.212 e. The van der Waals surface area contributed by atoms with Gasteiger partial charge in [-0.3, -0.25) is 0 Å². The van der Waals surface area contributed by atoms with Crippen molar-refractivity contribution in [3.8, 4) is 0 Å². The van der Waals surface area contributed by atoms with Crippen LogP contribution >= 0.6 is 0 Å². The van der Waals surface area contributed by atoms with Gasteiger partial charge in [-0.2, -0.15) is 0 Å². The van der Waals surface area contributed by atoms with Crippen molar-refractivity contribution in [2.24, 2.45) is 11.1 Å². The van der Waals surface area contributed by atoms with E-state index >= 15 is 0 Å². The molecular formula is C12H16FNO3S. The van der Waals surface area contributed by atoms with Gasteiger partial charge in [0.1, 0.15) is 5.82 Å². The second-order valence-corrected chi connectivity index (χ2v) is 6.37. The van der Waals surface area contributed by atoms with Gasteiger partial charge >= 0.3 is 0 Å². The van der Waals surface area contributed by atoms with Gasteiger partial charge in [0, 0.05) is 12.5 Å². The van der Waals surface area contributed by atoms with Crippen LogP contribution in [0.3, 0.4) is 0 Å². The van der Waals surface area contributed by atoms with Crippen molar-refractivity contribution in [1.29, 1.82) is 0 Å². The monoisotopic (exact) mass is 273 g/mol. The fourth-order valence-corrected chi connectivity index (χ4v) is 3.46. The lowest BCUT2D eigenvalue weighted by Crippen LogP contribution is -2.42. The minimum atomic E-state index is -3.56. The molecule has 2 N–H and O–H groups in total. The molecule has 0 spiro atoms. The summed E-state index contributed by atoms with van der Waals surface area (Å²) in [4.78, 5) is 0. The highest BCUT2D eigenvalue weighted by Gasteiger charge is 2.33. The molecule has 1 aliphatic rings. The Hall–Kier alpha value is -0.980. The van der Waals surface area contributed by atoms with Gasteiger partial charge in [-0.25, -0.2) is 17.9 Å². The maximum atomic E-state index is 12.8. The Morgan fingerprint density at radius 3 is 2.61 bits per heavy atom. The molecule has 4 nitrogen and oxygen atoms in total. The summed E-state index contributed by atoms with van der Waals surface area (Å²) in [6.45, 7) is 0.791. The number of rotatable bonds is 3. The molecule has 1 saturated heterocycles. The number of benzene rings is 1. The molecule has 0 aromatic heterocycles. The van der Waals surface area contributed by atoms with Crippen molar-refractivity contribution in [3.05, 3.63) is 35.6 Å². The van der Waals surface area contributed by atoms with Gasteiger partial charge in [0.05, 0.1) is 11.9 Å². The predicted octanol–water partition coefficient (Wildman–Crippen LogP) is 1.06. The van der Waals surface area contributed by atoms with Gasteiger partial charge in [-0.05, 0) is 30.5 Å². The first-order valence-corrected chi connectivity index (χ1v) is 7.41. The fourth-order valence-electron chi connectivity index (χ4n) is 2.32. The molecule has 6 heteroatoms. The summed E-state index contributed by atoms with van der Waals surface area (Å²) in [6, 6.07) is 6.05. The van der Waals surface area contributed by atoms with E-state index in [2.05, 4.69) is 0 Å². The SMILES string of the molecule is NS(=O)(=O)[C@@H]1CCOC[C@H]1Cc1ccc(F)cc1. The lowest BCUT2D eigenvalue weighted by atomic mass is 9.93. The van der Waals surface area contributed by atoms with Crippen molar-refractivity contribution >= 4 is 10.0 Å². The summed E-state index contributed by atoms with van der Waals surface area (Å²) in [6.07, 6.45) is 0.950. The Balaban J connectivity index is 2.13. The van der Waals surface area contributed by atoms with Crippen LogP contribution in [-0.4, -0.2) is 26.9 Å². The number of halogens is 1. The Labute approximate surface area is 106 Å². The highest BCUT2D eigenvalue weighted by molar-refractivity contribution is 7.89. The van der Waals surface area contributed by atoms with Gasteiger partial charge in [0.2, 0.25) is 10.0 Å². The molecule has 0 saturated carbocycles. The van der Waals surface area contributed by atoms with Crippen LogP contribution in [0.1, 0.15) is 12.0 Å². The zero-order valence-electron chi connectivity index (χ0n) is 9.88. The average Bonchev–Trinajstić information content (AvgIpc) is 2.31. The normalized spacial score (nSPS) is 25.0. The molecule has 1 aliphatic heterocycles. The summed E-state index contributed by atoms with van der Waals surface area (Å²) in [7, 11) is -3.56. The first kappa shape index (κ1) is 13.5. The van der Waals surface area contributed by atoms with Crippen LogP contribution in [0.2, 0.25) is 0 Å². The molecular weight excluding hydrogens is 257 g/mol. The van der Waals surface area contributed by atoms with E-state index in [1.165, 1.54) is 12.1 Å². The Morgan fingerprint density at radius 2 is 2.00 bits per heavy atom. The largest absolute Gasteiger partial charge is 0.381 e. The minimum Gasteiger partial charge on any atom is -0.381 e. The molecule has 100 valence electrons. The van der Waals surface area contributed by atoms with Crippen molar-refractivity contribution in [3.63, 3.8) is 0 Å². The number of primary sulfonamides is 1. The summed E-state index contributed by atoms with van der Waals surface area (Å²) in [5.74, 6) is -0.471. The lowest BCUT2D eigenvalue weighted by molar-refractivity contribution is 0.0572. The molecule has 1 aromatic carbocycles. The van der Waals surface area contributed by atoms with Crippen molar-refractivity contribution < 1.29 is 17.5 Å². The van der Waals surface area contributed by atoms with Gasteiger partial charge in [-0.15, -0.1) is 0 Å². The molecule has 0 radical (unpaired) electrons. The topological polar surface area (TPSA) is 69.4 Å². The van der Waals surface area contributed by atoms with E-state index in [-0.39, 0.29) is 11.7 Å². The van der Waals surface area contributed by atoms with E-state index in [4.69, 9.17) is 9.88 Å². The third-order valence-corrected chi connectivity index (χ3v) is 4.70. The Morgan fingerprint density at radius 1 is 1.33 bits per heavy atom. The van der Waals surface area contributed by atoms with Crippen molar-refractivity contribution in [2.45, 2.75) is 18.1 Å². The predicted molar refractivity (Wildman–Crippen MR) is 65.9 cm³/mol. The summed E-state index contributed by atoms with van der Waals surface area (Å²) >= 11 is 0. The van der Waals surface area contributed by atoms with E-state index in [1.807, 2.05) is 0 Å². The quantitative estimate of drug-likeness (QED) is 0.895. The molecule has 0 aliphatic carbocycles. The molecule has 1 aromatic rings. The number of sulfonamides is 1. The lowest BCUT2D eigenvalue weighted by Gasteiger charge is -2.29. The number of nitrogens with two attached hydrogens (primary N) is 1. The second-order valence-electron chi connectivity index (χ2n) is 4.58. The molecule has 2 atom stereocenters. The van der Waals surface area contributed by atoms with E-state index in [1.54, 1.807) is 12.1 Å². The minimum absolute atomic E-state index is 0.167. The van der Waals surface area contributed by atoms with Gasteiger partial charge in [-0.1, -0.05) is 12.1 Å². The molecule has 1 heterocycles. The highest BCUT2D eigenvalue weighted by Crippen LogP contribution is 2.24. The van der Waals surface area contributed by atoms with Gasteiger partial charge in [0.25, 0.3) is 0 Å². The zero-order valence-corrected chi connectivity index (χ0v) is 10.7. The van der Waals surface area contributed by atoms with E-state index in [0.29, 0.717) is 26.1 Å².